The van der Waals surface area contributed by atoms with Gasteiger partial charge in [0.2, 0.25) is 0 Å². The zero-order valence-electron chi connectivity index (χ0n) is 11.2. The minimum absolute atomic E-state index is 0.0255. The topological polar surface area (TPSA) is 41.5 Å². The van der Waals surface area contributed by atoms with Crippen LogP contribution in [0.15, 0.2) is 30.3 Å². The van der Waals surface area contributed by atoms with Gasteiger partial charge in [-0.05, 0) is 36.8 Å². The second-order valence-electron chi connectivity index (χ2n) is 4.49. The Morgan fingerprint density at radius 2 is 2.00 bits per heavy atom. The Labute approximate surface area is 122 Å². The minimum atomic E-state index is -0.305. The number of rotatable bonds is 4. The molecule has 0 atom stereocenters. The number of ether oxygens (including phenoxy) is 1. The average Bonchev–Trinajstić information content (AvgIpc) is 2.38. The first-order chi connectivity index (χ1) is 9.49. The molecule has 0 unspecified atom stereocenters. The second-order valence-corrected chi connectivity index (χ2v) is 4.92. The van der Waals surface area contributed by atoms with Crippen molar-refractivity contribution in [3.8, 4) is 11.5 Å². The van der Waals surface area contributed by atoms with Gasteiger partial charge >= 0.3 is 0 Å². The molecule has 5 heteroatoms. The van der Waals surface area contributed by atoms with Gasteiger partial charge in [-0.1, -0.05) is 11.6 Å². The molecule has 0 aliphatic heterocycles. The van der Waals surface area contributed by atoms with Crippen LogP contribution in [0.2, 0.25) is 5.02 Å². The van der Waals surface area contributed by atoms with Gasteiger partial charge in [0.15, 0.2) is 11.5 Å². The summed E-state index contributed by atoms with van der Waals surface area (Å²) in [5, 5.41) is 13.5. The number of nitrogens with one attached hydrogen (secondary N) is 1. The van der Waals surface area contributed by atoms with E-state index in [1.807, 2.05) is 13.0 Å². The zero-order chi connectivity index (χ0) is 14.7. The van der Waals surface area contributed by atoms with Crippen molar-refractivity contribution in [2.75, 3.05) is 12.4 Å². The van der Waals surface area contributed by atoms with Gasteiger partial charge in [0.25, 0.3) is 0 Å². The molecule has 2 aromatic rings. The van der Waals surface area contributed by atoms with Crippen LogP contribution in [0.25, 0.3) is 0 Å². The van der Waals surface area contributed by atoms with Crippen LogP contribution in [0.3, 0.4) is 0 Å². The number of hydrogen-bond donors (Lipinski definition) is 2. The zero-order valence-corrected chi connectivity index (χ0v) is 12.0. The largest absolute Gasteiger partial charge is 0.504 e. The second kappa shape index (κ2) is 6.01. The summed E-state index contributed by atoms with van der Waals surface area (Å²) in [6, 6.07) is 7.84. The summed E-state index contributed by atoms with van der Waals surface area (Å²) >= 11 is 5.95. The molecule has 0 radical (unpaired) electrons. The Hall–Kier alpha value is -1.94. The first-order valence-electron chi connectivity index (χ1n) is 6.06. The van der Waals surface area contributed by atoms with E-state index in [0.717, 1.165) is 5.56 Å². The van der Waals surface area contributed by atoms with Crippen LogP contribution in [0.1, 0.15) is 11.1 Å². The number of phenols is 1. The van der Waals surface area contributed by atoms with E-state index in [9.17, 15) is 9.50 Å². The minimum Gasteiger partial charge on any atom is -0.504 e. The predicted octanol–water partition coefficient (Wildman–Crippen LogP) is 4.11. The van der Waals surface area contributed by atoms with Crippen molar-refractivity contribution in [3.63, 3.8) is 0 Å². The molecule has 0 aliphatic carbocycles. The lowest BCUT2D eigenvalue weighted by Crippen LogP contribution is -2.01. The molecule has 20 heavy (non-hydrogen) atoms. The predicted molar refractivity (Wildman–Crippen MR) is 78.1 cm³/mol. The molecule has 0 heterocycles. The lowest BCUT2D eigenvalue weighted by atomic mass is 10.1. The highest BCUT2D eigenvalue weighted by molar-refractivity contribution is 6.30. The number of benzene rings is 2. The number of hydrogen-bond acceptors (Lipinski definition) is 3. The highest BCUT2D eigenvalue weighted by Gasteiger charge is 2.10. The van der Waals surface area contributed by atoms with Crippen molar-refractivity contribution in [1.82, 2.24) is 0 Å². The first-order valence-corrected chi connectivity index (χ1v) is 6.44. The van der Waals surface area contributed by atoms with Gasteiger partial charge in [-0.15, -0.1) is 0 Å². The Morgan fingerprint density at radius 3 is 2.65 bits per heavy atom. The summed E-state index contributed by atoms with van der Waals surface area (Å²) in [4.78, 5) is 0. The Morgan fingerprint density at radius 1 is 1.25 bits per heavy atom. The lowest BCUT2D eigenvalue weighted by molar-refractivity contribution is 0.371. The van der Waals surface area contributed by atoms with E-state index in [0.29, 0.717) is 28.6 Å². The lowest BCUT2D eigenvalue weighted by Gasteiger charge is -2.12. The van der Waals surface area contributed by atoms with E-state index in [-0.39, 0.29) is 11.6 Å². The average molecular weight is 296 g/mol. The molecule has 0 bridgehead atoms. The highest BCUT2D eigenvalue weighted by Crippen LogP contribution is 2.33. The molecule has 2 rings (SSSR count). The number of aromatic hydroxyl groups is 1. The molecule has 106 valence electrons. The SMILES string of the molecule is COc1cc(Cl)cc(CNc2cc(C)cc(F)c2)c1O. The standard InChI is InChI=1S/C15H15ClFNO2/c1-9-3-12(17)7-13(4-9)18-8-10-5-11(16)6-14(20-2)15(10)19/h3-7,18-19H,8H2,1-2H3. The van der Waals surface area contributed by atoms with Crippen LogP contribution >= 0.6 is 11.6 Å². The molecule has 0 amide bonds. The van der Waals surface area contributed by atoms with Gasteiger partial charge in [-0.2, -0.15) is 0 Å². The van der Waals surface area contributed by atoms with E-state index < -0.39 is 0 Å². The fourth-order valence-electron chi connectivity index (χ4n) is 1.95. The fraction of sp³-hybridized carbons (Fsp3) is 0.200. The molecule has 0 saturated carbocycles. The Balaban J connectivity index is 2.20. The van der Waals surface area contributed by atoms with Gasteiger partial charge in [0.05, 0.1) is 7.11 Å². The number of aryl methyl sites for hydroxylation is 1. The highest BCUT2D eigenvalue weighted by atomic mass is 35.5. The monoisotopic (exact) mass is 295 g/mol. The van der Waals surface area contributed by atoms with Crippen molar-refractivity contribution in [3.05, 3.63) is 52.3 Å². The van der Waals surface area contributed by atoms with Crippen LogP contribution in [0.5, 0.6) is 11.5 Å². The molecule has 2 N–H and O–H groups in total. The maximum atomic E-state index is 13.3. The summed E-state index contributed by atoms with van der Waals surface area (Å²) in [5.74, 6) is 0.0302. The molecule has 0 fully saturated rings. The number of phenolic OH excluding ortho intramolecular Hbond substituents is 1. The summed E-state index contributed by atoms with van der Waals surface area (Å²) in [7, 11) is 1.46. The Kier molecular flexibility index (Phi) is 4.35. The third-order valence-electron chi connectivity index (χ3n) is 2.86. The summed E-state index contributed by atoms with van der Waals surface area (Å²) < 4.78 is 18.3. The van der Waals surface area contributed by atoms with Crippen LogP contribution in [-0.4, -0.2) is 12.2 Å². The van der Waals surface area contributed by atoms with E-state index in [4.69, 9.17) is 16.3 Å². The van der Waals surface area contributed by atoms with Crippen LogP contribution in [0.4, 0.5) is 10.1 Å². The molecule has 0 spiro atoms. The van der Waals surface area contributed by atoms with Crippen molar-refractivity contribution in [2.24, 2.45) is 0 Å². The van der Waals surface area contributed by atoms with E-state index in [2.05, 4.69) is 5.32 Å². The van der Waals surface area contributed by atoms with Crippen molar-refractivity contribution >= 4 is 17.3 Å². The number of anilines is 1. The normalized spacial score (nSPS) is 10.4. The number of halogens is 2. The fourth-order valence-corrected chi connectivity index (χ4v) is 2.19. The molecule has 0 aromatic heterocycles. The van der Waals surface area contributed by atoms with Crippen molar-refractivity contribution in [1.29, 1.82) is 0 Å². The van der Waals surface area contributed by atoms with E-state index in [1.54, 1.807) is 6.07 Å². The molecule has 0 aliphatic rings. The summed E-state index contributed by atoms with van der Waals surface area (Å²) in [5.41, 5.74) is 2.04. The quantitative estimate of drug-likeness (QED) is 0.892. The molecule has 0 saturated heterocycles. The maximum Gasteiger partial charge on any atom is 0.162 e. The van der Waals surface area contributed by atoms with Gasteiger partial charge in [-0.3, -0.25) is 0 Å². The van der Waals surface area contributed by atoms with Crippen molar-refractivity contribution in [2.45, 2.75) is 13.5 Å². The summed E-state index contributed by atoms with van der Waals surface area (Å²) in [6.45, 7) is 2.12. The number of methoxy groups -OCH3 is 1. The van der Waals surface area contributed by atoms with Crippen LogP contribution in [0, 0.1) is 12.7 Å². The summed E-state index contributed by atoms with van der Waals surface area (Å²) in [6.07, 6.45) is 0. The molecule has 3 nitrogen and oxygen atoms in total. The van der Waals surface area contributed by atoms with Crippen molar-refractivity contribution < 1.29 is 14.2 Å². The third-order valence-corrected chi connectivity index (χ3v) is 3.08. The van der Waals surface area contributed by atoms with E-state index in [1.165, 1.54) is 25.3 Å². The van der Waals surface area contributed by atoms with Gasteiger partial charge < -0.3 is 15.2 Å². The van der Waals surface area contributed by atoms with Crippen LogP contribution in [-0.2, 0) is 6.54 Å². The van der Waals surface area contributed by atoms with Gasteiger partial charge in [-0.25, -0.2) is 4.39 Å². The Bertz CT molecular complexity index is 611. The molecule has 2 aromatic carbocycles. The van der Waals surface area contributed by atoms with Gasteiger partial charge in [0, 0.05) is 28.9 Å². The van der Waals surface area contributed by atoms with Crippen LogP contribution < -0.4 is 10.1 Å². The van der Waals surface area contributed by atoms with Gasteiger partial charge in [0.1, 0.15) is 5.82 Å². The van der Waals surface area contributed by atoms with E-state index >= 15 is 0 Å². The first kappa shape index (κ1) is 14.5. The third kappa shape index (κ3) is 3.33. The smallest absolute Gasteiger partial charge is 0.162 e. The molecular weight excluding hydrogens is 281 g/mol. The maximum absolute atomic E-state index is 13.3. The molecular formula is C15H15ClFNO2.